The second kappa shape index (κ2) is 10.5. The van der Waals surface area contributed by atoms with Crippen molar-refractivity contribution in [3.05, 3.63) is 95.7 Å². The number of nitrogens with zero attached hydrogens (tertiary/aromatic N) is 3. The number of esters is 1. The second-order valence-electron chi connectivity index (χ2n) is 8.41. The lowest BCUT2D eigenvalue weighted by Gasteiger charge is -2.09. The molecule has 182 valence electrons. The highest BCUT2D eigenvalue weighted by Crippen LogP contribution is 2.21. The van der Waals surface area contributed by atoms with Crippen molar-refractivity contribution >= 4 is 17.3 Å². The van der Waals surface area contributed by atoms with Crippen LogP contribution in [0.4, 0.5) is 5.69 Å². The molecule has 8 heteroatoms. The van der Waals surface area contributed by atoms with Crippen LogP contribution in [0, 0.1) is 6.92 Å². The molecule has 0 radical (unpaired) electrons. The molecule has 0 atom stereocenters. The van der Waals surface area contributed by atoms with E-state index in [0.717, 1.165) is 46.0 Å². The lowest BCUT2D eigenvalue weighted by Crippen LogP contribution is -2.13. The van der Waals surface area contributed by atoms with Crippen LogP contribution in [0.1, 0.15) is 28.5 Å². The predicted octanol–water partition coefficient (Wildman–Crippen LogP) is 5.46. The van der Waals surface area contributed by atoms with Crippen LogP contribution in [0.2, 0.25) is 0 Å². The molecule has 0 amide bonds. The van der Waals surface area contributed by atoms with Crippen LogP contribution in [0.5, 0.6) is 0 Å². The highest BCUT2D eigenvalue weighted by atomic mass is 16.7. The van der Waals surface area contributed by atoms with Gasteiger partial charge >= 0.3 is 5.97 Å². The third kappa shape index (κ3) is 5.29. The molecule has 5 aromatic rings. The van der Waals surface area contributed by atoms with Gasteiger partial charge in [-0.2, -0.15) is 5.10 Å². The molecule has 0 fully saturated rings. The third-order valence-corrected chi connectivity index (χ3v) is 5.88. The number of fused-ring (bicyclic) bond motifs is 1. The molecule has 0 aliphatic carbocycles. The molecule has 5 rings (SSSR count). The molecule has 0 aliphatic rings. The van der Waals surface area contributed by atoms with E-state index in [2.05, 4.69) is 51.7 Å². The van der Waals surface area contributed by atoms with Crippen molar-refractivity contribution in [2.24, 2.45) is 0 Å². The van der Waals surface area contributed by atoms with Gasteiger partial charge < -0.3 is 19.8 Å². The first-order valence-electron chi connectivity index (χ1n) is 11.8. The quantitative estimate of drug-likeness (QED) is 0.165. The first kappa shape index (κ1) is 23.3. The van der Waals surface area contributed by atoms with E-state index in [1.54, 1.807) is 16.8 Å². The Balaban J connectivity index is 1.06. The largest absolute Gasteiger partial charge is 0.435 e. The van der Waals surface area contributed by atoms with Gasteiger partial charge in [-0.3, -0.25) is 0 Å². The lowest BCUT2D eigenvalue weighted by molar-refractivity contribution is -0.0259. The second-order valence-corrected chi connectivity index (χ2v) is 8.41. The molecular weight excluding hydrogens is 454 g/mol. The van der Waals surface area contributed by atoms with Crippen molar-refractivity contribution in [3.63, 3.8) is 0 Å². The molecule has 0 saturated carbocycles. The lowest BCUT2D eigenvalue weighted by atomic mass is 10.0. The Hall–Kier alpha value is -4.43. The molecule has 36 heavy (non-hydrogen) atoms. The standard InChI is InChI=1S/C28H27N5O3/c1-3-20-4-6-21(7-5-20)22-8-10-24(11-9-22)28(34)36-18-35-17-29-25-14-12-23(13-15-25)27-30-26-16-19(2)31-33(26)32-27/h4-16,29H,3,17-18H2,1-2H3,(H,30,32). The van der Waals surface area contributed by atoms with Gasteiger partial charge in [-0.1, -0.05) is 43.3 Å². The molecule has 0 saturated heterocycles. The number of ether oxygens (including phenoxy) is 2. The molecule has 0 unspecified atom stereocenters. The third-order valence-electron chi connectivity index (χ3n) is 5.88. The zero-order valence-electron chi connectivity index (χ0n) is 20.2. The first-order chi connectivity index (χ1) is 17.6. The van der Waals surface area contributed by atoms with E-state index >= 15 is 0 Å². The van der Waals surface area contributed by atoms with Crippen LogP contribution in [0.3, 0.4) is 0 Å². The minimum Gasteiger partial charge on any atom is -0.435 e. The number of hydrogen-bond donors (Lipinski definition) is 2. The number of aromatic amines is 1. The first-order valence-corrected chi connectivity index (χ1v) is 11.8. The molecule has 8 nitrogen and oxygen atoms in total. The fourth-order valence-electron chi connectivity index (χ4n) is 3.85. The number of benzene rings is 3. The average molecular weight is 482 g/mol. The number of hydrogen-bond acceptors (Lipinski definition) is 6. The van der Waals surface area contributed by atoms with Crippen LogP contribution in [-0.2, 0) is 15.9 Å². The van der Waals surface area contributed by atoms with Crippen molar-refractivity contribution in [2.75, 3.05) is 18.8 Å². The molecule has 2 N–H and O–H groups in total. The summed E-state index contributed by atoms with van der Waals surface area (Å²) in [6, 6.07) is 25.5. The van der Waals surface area contributed by atoms with Gasteiger partial charge in [0.2, 0.25) is 0 Å². The Morgan fingerprint density at radius 2 is 1.58 bits per heavy atom. The number of H-pyrrole nitrogens is 1. The summed E-state index contributed by atoms with van der Waals surface area (Å²) in [6.07, 6.45) is 1.01. The van der Waals surface area contributed by atoms with E-state index in [4.69, 9.17) is 9.47 Å². The maximum atomic E-state index is 12.3. The smallest absolute Gasteiger partial charge is 0.340 e. The van der Waals surface area contributed by atoms with Crippen molar-refractivity contribution < 1.29 is 14.3 Å². The summed E-state index contributed by atoms with van der Waals surface area (Å²) in [5.41, 5.74) is 7.54. The maximum Gasteiger partial charge on any atom is 0.340 e. The van der Waals surface area contributed by atoms with Gasteiger partial charge in [0.05, 0.1) is 11.3 Å². The van der Waals surface area contributed by atoms with Crippen LogP contribution in [0.15, 0.2) is 78.9 Å². The number of aryl methyl sites for hydroxylation is 2. The molecular formula is C28H27N5O3. The minimum atomic E-state index is -0.424. The SMILES string of the molecule is CCc1ccc(-c2ccc(C(=O)OCOCNc3ccc(-c4nn5nc(C)cc5[nH]4)cc3)cc2)cc1. The Morgan fingerprint density at radius 1 is 0.917 bits per heavy atom. The normalized spacial score (nSPS) is 11.1. The summed E-state index contributed by atoms with van der Waals surface area (Å²) in [5.74, 6) is 0.321. The molecule has 3 aromatic carbocycles. The minimum absolute atomic E-state index is 0.143. The number of rotatable bonds is 9. The summed E-state index contributed by atoms with van der Waals surface area (Å²) in [6.45, 7) is 4.12. The van der Waals surface area contributed by atoms with Gasteiger partial charge in [-0.25, -0.2) is 4.79 Å². The van der Waals surface area contributed by atoms with Crippen LogP contribution < -0.4 is 5.32 Å². The van der Waals surface area contributed by atoms with E-state index in [9.17, 15) is 4.79 Å². The van der Waals surface area contributed by atoms with E-state index in [1.807, 2.05) is 49.4 Å². The average Bonchev–Trinajstić information content (AvgIpc) is 3.46. The summed E-state index contributed by atoms with van der Waals surface area (Å²) < 4.78 is 12.2. The van der Waals surface area contributed by atoms with Gasteiger partial charge in [-0.05, 0) is 66.4 Å². The predicted molar refractivity (Wildman–Crippen MR) is 139 cm³/mol. The van der Waals surface area contributed by atoms with Crippen molar-refractivity contribution in [3.8, 4) is 22.5 Å². The molecule has 0 bridgehead atoms. The fraction of sp³-hybridized carbons (Fsp3) is 0.179. The van der Waals surface area contributed by atoms with E-state index in [-0.39, 0.29) is 13.5 Å². The Morgan fingerprint density at radius 3 is 2.25 bits per heavy atom. The van der Waals surface area contributed by atoms with Gasteiger partial charge in [0.15, 0.2) is 18.3 Å². The van der Waals surface area contributed by atoms with Crippen LogP contribution in [-0.4, -0.2) is 39.3 Å². The van der Waals surface area contributed by atoms with Crippen molar-refractivity contribution in [1.82, 2.24) is 19.8 Å². The zero-order valence-corrected chi connectivity index (χ0v) is 20.2. The maximum absolute atomic E-state index is 12.3. The van der Waals surface area contributed by atoms with Gasteiger partial charge in [-0.15, -0.1) is 9.73 Å². The van der Waals surface area contributed by atoms with E-state index in [1.165, 1.54) is 5.56 Å². The summed E-state index contributed by atoms with van der Waals surface area (Å²) in [5, 5.41) is 11.9. The highest BCUT2D eigenvalue weighted by Gasteiger charge is 2.09. The Kier molecular flexibility index (Phi) is 6.77. The summed E-state index contributed by atoms with van der Waals surface area (Å²) in [4.78, 5) is 15.6. The fourth-order valence-corrected chi connectivity index (χ4v) is 3.85. The van der Waals surface area contributed by atoms with Gasteiger partial charge in [0.25, 0.3) is 0 Å². The van der Waals surface area contributed by atoms with Crippen molar-refractivity contribution in [1.29, 1.82) is 0 Å². The number of aromatic nitrogens is 4. The van der Waals surface area contributed by atoms with E-state index in [0.29, 0.717) is 5.56 Å². The monoisotopic (exact) mass is 481 g/mol. The van der Waals surface area contributed by atoms with Crippen LogP contribution >= 0.6 is 0 Å². The summed E-state index contributed by atoms with van der Waals surface area (Å²) in [7, 11) is 0. The van der Waals surface area contributed by atoms with E-state index < -0.39 is 5.97 Å². The molecule has 2 heterocycles. The number of anilines is 1. The molecule has 2 aromatic heterocycles. The Labute approximate surface area is 208 Å². The van der Waals surface area contributed by atoms with Gasteiger partial charge in [0.1, 0.15) is 6.73 Å². The molecule has 0 spiro atoms. The topological polar surface area (TPSA) is 93.5 Å². The number of carbonyl (C=O) groups is 1. The van der Waals surface area contributed by atoms with Crippen LogP contribution in [0.25, 0.3) is 28.2 Å². The van der Waals surface area contributed by atoms with Crippen molar-refractivity contribution in [2.45, 2.75) is 20.3 Å². The van der Waals surface area contributed by atoms with Gasteiger partial charge in [0, 0.05) is 17.3 Å². The number of nitrogens with one attached hydrogen (secondary N) is 2. The highest BCUT2D eigenvalue weighted by molar-refractivity contribution is 5.90. The number of carbonyl (C=O) groups excluding carboxylic acids is 1. The zero-order chi connectivity index (χ0) is 24.9. The summed E-state index contributed by atoms with van der Waals surface area (Å²) >= 11 is 0. The Bertz CT molecular complexity index is 1420. The molecule has 0 aliphatic heterocycles.